The van der Waals surface area contributed by atoms with Crippen molar-refractivity contribution in [2.24, 2.45) is 23.7 Å². The van der Waals surface area contributed by atoms with Crippen molar-refractivity contribution in [2.45, 2.75) is 117 Å². The molecule has 69 heavy (non-hydrogen) atoms. The summed E-state index contributed by atoms with van der Waals surface area (Å²) in [6.45, 7) is 14.2. The molecule has 4 rings (SSSR count). The molecule has 0 fully saturated rings. The molecule has 0 radical (unpaired) electrons. The number of aliphatic hydroxyl groups is 2. The first-order valence-electron chi connectivity index (χ1n) is 23.6. The molecule has 4 aromatic rings. The molecule has 0 aliphatic carbocycles. The Morgan fingerprint density at radius 2 is 0.797 bits per heavy atom. The predicted octanol–water partition coefficient (Wildman–Crippen LogP) is 8.25. The molecule has 0 saturated carbocycles. The van der Waals surface area contributed by atoms with Crippen LogP contribution in [0.25, 0.3) is 0 Å². The minimum Gasteiger partial charge on any atom is -0.480 e. The molecular formula is C55H76N2O12. The van der Waals surface area contributed by atoms with E-state index in [1.54, 1.807) is 55.4 Å². The van der Waals surface area contributed by atoms with Gasteiger partial charge in [0.1, 0.15) is 11.2 Å². The van der Waals surface area contributed by atoms with Gasteiger partial charge in [-0.15, -0.1) is 0 Å². The number of carboxylic acid groups (broad SMARTS) is 1. The monoisotopic (exact) mass is 957 g/mol. The van der Waals surface area contributed by atoms with Gasteiger partial charge < -0.3 is 49.6 Å². The summed E-state index contributed by atoms with van der Waals surface area (Å²) in [7, 11) is 1.26. The summed E-state index contributed by atoms with van der Waals surface area (Å²) in [6.07, 6.45) is 0.0370. The van der Waals surface area contributed by atoms with Crippen LogP contribution in [0.3, 0.4) is 0 Å². The van der Waals surface area contributed by atoms with Gasteiger partial charge in [-0.1, -0.05) is 121 Å². The molecule has 0 aliphatic heterocycles. The van der Waals surface area contributed by atoms with Gasteiger partial charge in [0.15, 0.2) is 12.1 Å². The molecule has 4 aromatic carbocycles. The zero-order valence-electron chi connectivity index (χ0n) is 41.8. The van der Waals surface area contributed by atoms with Crippen molar-refractivity contribution in [3.05, 3.63) is 144 Å². The maximum absolute atomic E-state index is 12.3. The summed E-state index contributed by atoms with van der Waals surface area (Å²) in [6, 6.07) is 37.7. The number of amides is 2. The quantitative estimate of drug-likeness (QED) is 0.0334. The first kappa shape index (κ1) is 57.5. The highest BCUT2D eigenvalue weighted by atomic mass is 16.6. The number of aliphatic hydroxyl groups excluding tert-OH is 2. The van der Waals surface area contributed by atoms with Crippen molar-refractivity contribution in [3.8, 4) is 0 Å². The molecule has 5 N–H and O–H groups in total. The summed E-state index contributed by atoms with van der Waals surface area (Å²) in [5.41, 5.74) is 3.05. The van der Waals surface area contributed by atoms with Crippen molar-refractivity contribution >= 4 is 24.1 Å². The number of carboxylic acids is 1. The summed E-state index contributed by atoms with van der Waals surface area (Å²) in [5, 5.41) is 35.7. The maximum Gasteiger partial charge on any atom is 0.408 e. The van der Waals surface area contributed by atoms with Gasteiger partial charge in [-0.25, -0.2) is 19.2 Å². The number of hydrogen-bond acceptors (Lipinski definition) is 11. The van der Waals surface area contributed by atoms with E-state index in [1.807, 2.05) is 109 Å². The Bertz CT molecular complexity index is 2070. The van der Waals surface area contributed by atoms with Crippen molar-refractivity contribution in [1.82, 2.24) is 10.6 Å². The van der Waals surface area contributed by atoms with Crippen LogP contribution in [-0.2, 0) is 59.0 Å². The number of carbonyl (C=O) groups is 4. The van der Waals surface area contributed by atoms with E-state index in [-0.39, 0.29) is 43.5 Å². The fraction of sp³-hybridized carbons (Fsp3) is 0.491. The Morgan fingerprint density at radius 3 is 1.09 bits per heavy atom. The first-order valence-corrected chi connectivity index (χ1v) is 23.6. The van der Waals surface area contributed by atoms with E-state index in [4.69, 9.17) is 23.7 Å². The predicted molar refractivity (Wildman–Crippen MR) is 266 cm³/mol. The van der Waals surface area contributed by atoms with E-state index in [9.17, 15) is 34.5 Å². The van der Waals surface area contributed by atoms with Gasteiger partial charge in [-0.3, -0.25) is 0 Å². The Kier molecular flexibility index (Phi) is 24.4. The number of hydrogen-bond donors (Lipinski definition) is 5. The van der Waals surface area contributed by atoms with Crippen molar-refractivity contribution in [1.29, 1.82) is 0 Å². The molecule has 0 aromatic heterocycles. The van der Waals surface area contributed by atoms with Crippen molar-refractivity contribution in [3.63, 3.8) is 0 Å². The third-order valence-corrected chi connectivity index (χ3v) is 11.2. The lowest BCUT2D eigenvalue weighted by Gasteiger charge is -2.30. The minimum atomic E-state index is -1.24. The van der Waals surface area contributed by atoms with Crippen LogP contribution in [0, 0.1) is 23.7 Å². The third-order valence-electron chi connectivity index (χ3n) is 11.2. The lowest BCUT2D eigenvalue weighted by Crippen LogP contribution is -2.47. The number of ether oxygens (including phenoxy) is 5. The van der Waals surface area contributed by atoms with Crippen LogP contribution in [0.15, 0.2) is 121 Å². The van der Waals surface area contributed by atoms with Crippen LogP contribution in [0.1, 0.15) is 77.6 Å². The molecule has 378 valence electrons. The highest BCUT2D eigenvalue weighted by Crippen LogP contribution is 2.28. The molecule has 8 atom stereocenters. The van der Waals surface area contributed by atoms with E-state index in [0.717, 1.165) is 22.3 Å². The molecule has 2 amide bonds. The summed E-state index contributed by atoms with van der Waals surface area (Å²) in [4.78, 5) is 48.1. The number of nitrogens with one attached hydrogen (secondary N) is 2. The number of benzene rings is 4. The van der Waals surface area contributed by atoms with Crippen LogP contribution < -0.4 is 10.6 Å². The number of esters is 1. The number of carbonyl (C=O) groups excluding carboxylic acids is 3. The van der Waals surface area contributed by atoms with Crippen LogP contribution in [0.4, 0.5) is 9.59 Å². The van der Waals surface area contributed by atoms with Crippen LogP contribution in [-0.4, -0.2) is 108 Å². The fourth-order valence-corrected chi connectivity index (χ4v) is 7.80. The smallest absolute Gasteiger partial charge is 0.408 e. The Morgan fingerprint density at radius 1 is 0.493 bits per heavy atom. The Balaban J connectivity index is 0.000000365. The first-order chi connectivity index (χ1) is 32.6. The van der Waals surface area contributed by atoms with Crippen molar-refractivity contribution < 1.29 is 58.2 Å². The molecule has 0 spiro atoms. The van der Waals surface area contributed by atoms with Gasteiger partial charge in [-0.05, 0) is 127 Å². The number of alkyl carbamates (subject to hydrolysis) is 2. The zero-order chi connectivity index (χ0) is 51.0. The summed E-state index contributed by atoms with van der Waals surface area (Å²) in [5.74, 6) is -2.11. The number of methoxy groups -OCH3 is 1. The zero-order valence-corrected chi connectivity index (χ0v) is 41.8. The summed E-state index contributed by atoms with van der Waals surface area (Å²) < 4.78 is 27.0. The van der Waals surface area contributed by atoms with Gasteiger partial charge in [0.2, 0.25) is 0 Å². The van der Waals surface area contributed by atoms with E-state index >= 15 is 0 Å². The number of rotatable bonds is 24. The van der Waals surface area contributed by atoms with Gasteiger partial charge in [0.05, 0.1) is 45.7 Å². The van der Waals surface area contributed by atoms with Gasteiger partial charge in [0, 0.05) is 0 Å². The SMILES string of the molecule is COC(=O)[C@H](COC[C@H](Cc1ccccc1)[C@@H](Cc1ccccc1)[C@H](C)O)NC(=O)OC(C)(C)C.C[C@H](O)[C@H](Cc1ccccc1)[C@H](COC[C@H](NC(=O)OC(C)(C)C)C(=O)O)Cc1ccccc1. The second-order valence-electron chi connectivity index (χ2n) is 19.4. The van der Waals surface area contributed by atoms with Crippen LogP contribution in [0.5, 0.6) is 0 Å². The molecule has 0 bridgehead atoms. The second-order valence-corrected chi connectivity index (χ2v) is 19.4. The minimum absolute atomic E-state index is 0.0302. The molecule has 14 nitrogen and oxygen atoms in total. The second kappa shape index (κ2) is 29.3. The van der Waals surface area contributed by atoms with E-state index in [1.165, 1.54) is 7.11 Å². The van der Waals surface area contributed by atoms with E-state index in [2.05, 4.69) is 22.8 Å². The topological polar surface area (TPSA) is 199 Å². The number of aliphatic carboxylic acids is 1. The average molecular weight is 957 g/mol. The highest BCUT2D eigenvalue weighted by Gasteiger charge is 2.31. The average Bonchev–Trinajstić information content (AvgIpc) is 3.28. The molecular weight excluding hydrogens is 881 g/mol. The maximum atomic E-state index is 12.3. The molecule has 0 heterocycles. The highest BCUT2D eigenvalue weighted by molar-refractivity contribution is 5.81. The van der Waals surface area contributed by atoms with E-state index < -0.39 is 59.6 Å². The van der Waals surface area contributed by atoms with E-state index in [0.29, 0.717) is 32.3 Å². The normalized spacial score (nSPS) is 15.0. The Labute approximate surface area is 409 Å². The van der Waals surface area contributed by atoms with Crippen LogP contribution >= 0.6 is 0 Å². The lowest BCUT2D eigenvalue weighted by molar-refractivity contribution is -0.145. The lowest BCUT2D eigenvalue weighted by atomic mass is 9.80. The van der Waals surface area contributed by atoms with Crippen LogP contribution in [0.2, 0.25) is 0 Å². The summed E-state index contributed by atoms with van der Waals surface area (Å²) >= 11 is 0. The van der Waals surface area contributed by atoms with Gasteiger partial charge in [0.25, 0.3) is 0 Å². The molecule has 14 heteroatoms. The Hall–Kier alpha value is -5.80. The molecule has 0 saturated heterocycles. The van der Waals surface area contributed by atoms with Crippen molar-refractivity contribution in [2.75, 3.05) is 33.5 Å². The van der Waals surface area contributed by atoms with Gasteiger partial charge in [-0.2, -0.15) is 0 Å². The molecule has 0 unspecified atom stereocenters. The largest absolute Gasteiger partial charge is 0.480 e. The third kappa shape index (κ3) is 23.4. The molecule has 0 aliphatic rings. The standard InChI is InChI=1S/C28H39NO6.C27H37NO6/c1-20(30)24(17-22-14-10-7-11-15-22)23(16-21-12-8-6-9-13-21)18-34-19-25(26(31)33-5)29-27(32)35-28(2,3)4;1-19(29)23(16-21-13-9-6-10-14-21)22(15-20-11-7-5-8-12-20)17-33-18-24(25(30)31)28-26(32)34-27(2,3)4/h6-15,20,23-25,30H,16-19H2,1-5H3,(H,29,32);5-14,19,22-24,29H,15-18H2,1-4H3,(H,28,32)(H,30,31)/t20-,23-,24-,25-;19-,22-,23-,24-/m00/s1. The van der Waals surface area contributed by atoms with Gasteiger partial charge >= 0.3 is 24.1 Å². The fourth-order valence-electron chi connectivity index (χ4n) is 7.80.